The number of rotatable bonds is 46. The first-order valence-corrected chi connectivity index (χ1v) is 26.5. The van der Waals surface area contributed by atoms with Gasteiger partial charge in [-0.15, -0.1) is 0 Å². The molecule has 0 amide bonds. The SMILES string of the molecule is CC/C=C/C=C/C=C/C=C/C=C/C=C/CCCCCC(=O)OCC(COC(=O)CCCCCCC/C=C/C=C/C=C/CC)OC(=O)CCCCCCCCCCCCCCCCCCC. The molecular weight excluding hydrogens is 805 g/mol. The van der Waals surface area contributed by atoms with Crippen molar-refractivity contribution >= 4 is 17.9 Å². The van der Waals surface area contributed by atoms with Crippen LogP contribution in [0.15, 0.2) is 109 Å². The molecule has 0 fully saturated rings. The molecule has 368 valence electrons. The van der Waals surface area contributed by atoms with Crippen molar-refractivity contribution in [3.05, 3.63) is 109 Å². The van der Waals surface area contributed by atoms with Crippen molar-refractivity contribution in [1.29, 1.82) is 0 Å². The Labute approximate surface area is 400 Å². The van der Waals surface area contributed by atoms with Gasteiger partial charge in [0.2, 0.25) is 0 Å². The van der Waals surface area contributed by atoms with Gasteiger partial charge in [0.15, 0.2) is 6.10 Å². The molecule has 1 atom stereocenters. The summed E-state index contributed by atoms with van der Waals surface area (Å²) in [4.78, 5) is 38.0. The van der Waals surface area contributed by atoms with E-state index >= 15 is 0 Å². The summed E-state index contributed by atoms with van der Waals surface area (Å²) in [5.74, 6) is -0.968. The summed E-state index contributed by atoms with van der Waals surface area (Å²) in [5, 5.41) is 0. The largest absolute Gasteiger partial charge is 0.462 e. The maximum atomic E-state index is 12.8. The third-order valence-corrected chi connectivity index (χ3v) is 11.0. The lowest BCUT2D eigenvalue weighted by atomic mass is 10.0. The van der Waals surface area contributed by atoms with Gasteiger partial charge >= 0.3 is 17.9 Å². The first-order valence-electron chi connectivity index (χ1n) is 26.5. The number of ether oxygens (including phenoxy) is 3. The number of hydrogen-bond donors (Lipinski definition) is 0. The summed E-state index contributed by atoms with van der Waals surface area (Å²) in [7, 11) is 0. The van der Waals surface area contributed by atoms with Crippen LogP contribution in [0.2, 0.25) is 0 Å². The first-order chi connectivity index (χ1) is 32.0. The number of esters is 3. The molecule has 0 spiro atoms. The molecule has 0 radical (unpaired) electrons. The molecule has 0 heterocycles. The van der Waals surface area contributed by atoms with Crippen LogP contribution in [0, 0.1) is 0 Å². The minimum Gasteiger partial charge on any atom is -0.462 e. The molecule has 6 nitrogen and oxygen atoms in total. The molecule has 6 heteroatoms. The van der Waals surface area contributed by atoms with Crippen molar-refractivity contribution < 1.29 is 28.6 Å². The molecule has 0 bridgehead atoms. The number of carbonyl (C=O) groups is 3. The Morgan fingerprint density at radius 1 is 0.323 bits per heavy atom. The minimum atomic E-state index is -0.805. The zero-order valence-corrected chi connectivity index (χ0v) is 42.0. The molecular formula is C59H96O6. The van der Waals surface area contributed by atoms with Crippen molar-refractivity contribution in [1.82, 2.24) is 0 Å². The second kappa shape index (κ2) is 52.7. The fraction of sp³-hybridized carbons (Fsp3) is 0.644. The lowest BCUT2D eigenvalue weighted by Gasteiger charge is -2.18. The number of carbonyl (C=O) groups excluding carboxylic acids is 3. The van der Waals surface area contributed by atoms with Gasteiger partial charge in [-0.05, 0) is 57.8 Å². The molecule has 0 N–H and O–H groups in total. The van der Waals surface area contributed by atoms with Crippen molar-refractivity contribution in [2.24, 2.45) is 0 Å². The van der Waals surface area contributed by atoms with Gasteiger partial charge in [-0.1, -0.05) is 259 Å². The second-order valence-corrected chi connectivity index (χ2v) is 17.2. The molecule has 0 saturated heterocycles. The topological polar surface area (TPSA) is 78.9 Å². The molecule has 0 aromatic rings. The third-order valence-electron chi connectivity index (χ3n) is 11.0. The normalized spacial score (nSPS) is 13.0. The van der Waals surface area contributed by atoms with E-state index in [2.05, 4.69) is 69.4 Å². The monoisotopic (exact) mass is 901 g/mol. The van der Waals surface area contributed by atoms with E-state index in [9.17, 15) is 14.4 Å². The van der Waals surface area contributed by atoms with E-state index in [-0.39, 0.29) is 31.1 Å². The van der Waals surface area contributed by atoms with Gasteiger partial charge in [-0.25, -0.2) is 0 Å². The van der Waals surface area contributed by atoms with Crippen LogP contribution in [0.25, 0.3) is 0 Å². The van der Waals surface area contributed by atoms with Crippen LogP contribution in [-0.2, 0) is 28.6 Å². The van der Waals surface area contributed by atoms with Crippen molar-refractivity contribution in [2.75, 3.05) is 13.2 Å². The highest BCUT2D eigenvalue weighted by molar-refractivity contribution is 5.71. The van der Waals surface area contributed by atoms with Crippen LogP contribution in [0.4, 0.5) is 0 Å². The lowest BCUT2D eigenvalue weighted by Crippen LogP contribution is -2.30. The fourth-order valence-corrected chi connectivity index (χ4v) is 7.06. The Morgan fingerprint density at radius 2 is 0.600 bits per heavy atom. The molecule has 0 aromatic heterocycles. The summed E-state index contributed by atoms with van der Waals surface area (Å²) in [6.45, 7) is 6.30. The Balaban J connectivity index is 4.49. The third kappa shape index (κ3) is 50.9. The zero-order chi connectivity index (χ0) is 47.2. The van der Waals surface area contributed by atoms with Gasteiger partial charge in [-0.2, -0.15) is 0 Å². The summed E-state index contributed by atoms with van der Waals surface area (Å²) in [5.41, 5.74) is 0. The smallest absolute Gasteiger partial charge is 0.306 e. The molecule has 0 aromatic carbocycles. The minimum absolute atomic E-state index is 0.104. The van der Waals surface area contributed by atoms with Gasteiger partial charge in [0.25, 0.3) is 0 Å². The Hall–Kier alpha value is -3.93. The average molecular weight is 901 g/mol. The van der Waals surface area contributed by atoms with Gasteiger partial charge in [0.05, 0.1) is 0 Å². The van der Waals surface area contributed by atoms with Crippen LogP contribution in [0.3, 0.4) is 0 Å². The van der Waals surface area contributed by atoms with Gasteiger partial charge in [0.1, 0.15) is 13.2 Å². The van der Waals surface area contributed by atoms with Gasteiger partial charge in [0, 0.05) is 19.3 Å². The number of hydrogen-bond acceptors (Lipinski definition) is 6. The highest BCUT2D eigenvalue weighted by atomic mass is 16.6. The predicted molar refractivity (Wildman–Crippen MR) is 279 cm³/mol. The van der Waals surface area contributed by atoms with E-state index in [1.807, 2.05) is 60.8 Å². The lowest BCUT2D eigenvalue weighted by molar-refractivity contribution is -0.167. The Bertz CT molecular complexity index is 1360. The van der Waals surface area contributed by atoms with E-state index in [1.54, 1.807) is 0 Å². The molecule has 1 unspecified atom stereocenters. The molecule has 65 heavy (non-hydrogen) atoms. The zero-order valence-electron chi connectivity index (χ0n) is 42.0. The number of unbranched alkanes of at least 4 members (excludes halogenated alkanes) is 24. The van der Waals surface area contributed by atoms with E-state index < -0.39 is 6.10 Å². The van der Waals surface area contributed by atoms with Crippen molar-refractivity contribution in [3.8, 4) is 0 Å². The fourth-order valence-electron chi connectivity index (χ4n) is 7.06. The summed E-state index contributed by atoms with van der Waals surface area (Å²) in [6.07, 6.45) is 70.7. The summed E-state index contributed by atoms with van der Waals surface area (Å²) >= 11 is 0. The van der Waals surface area contributed by atoms with Crippen LogP contribution < -0.4 is 0 Å². The highest BCUT2D eigenvalue weighted by Gasteiger charge is 2.19. The predicted octanol–water partition coefficient (Wildman–Crippen LogP) is 17.5. The first kappa shape index (κ1) is 61.1. The second-order valence-electron chi connectivity index (χ2n) is 17.2. The van der Waals surface area contributed by atoms with Crippen LogP contribution >= 0.6 is 0 Å². The summed E-state index contributed by atoms with van der Waals surface area (Å²) in [6, 6.07) is 0. The molecule has 0 aliphatic rings. The molecule has 0 aliphatic carbocycles. The van der Waals surface area contributed by atoms with Crippen LogP contribution in [-0.4, -0.2) is 37.2 Å². The maximum Gasteiger partial charge on any atom is 0.306 e. The number of allylic oxidation sites excluding steroid dienone is 18. The van der Waals surface area contributed by atoms with E-state index in [1.165, 1.54) is 89.9 Å². The highest BCUT2D eigenvalue weighted by Crippen LogP contribution is 2.15. The van der Waals surface area contributed by atoms with Crippen molar-refractivity contribution in [2.45, 2.75) is 232 Å². The Kier molecular flexibility index (Phi) is 49.5. The Morgan fingerprint density at radius 3 is 0.954 bits per heavy atom. The van der Waals surface area contributed by atoms with Crippen LogP contribution in [0.5, 0.6) is 0 Å². The average Bonchev–Trinajstić information content (AvgIpc) is 3.30. The van der Waals surface area contributed by atoms with Crippen molar-refractivity contribution in [3.63, 3.8) is 0 Å². The summed E-state index contributed by atoms with van der Waals surface area (Å²) < 4.78 is 16.8. The van der Waals surface area contributed by atoms with Gasteiger partial charge in [-0.3, -0.25) is 14.4 Å². The maximum absolute atomic E-state index is 12.8. The standard InChI is InChI=1S/C59H96O6/c1-4-7-10-13-16-19-22-25-27-29-31-34-37-40-43-46-49-52-58(61)64-55-56(54-63-57(60)51-48-45-42-39-36-33-24-21-18-15-12-9-6-3)65-59(62)53-50-47-44-41-38-35-32-30-28-26-23-20-17-14-11-8-5-2/h7,9-10,12-13,15-16,18-19,21-22,24-25,27,29,31,34,37,56H,4-6,8,11,14,17,20,23,26,28,30,32-33,35-36,38-55H2,1-3H3/b10-7+,12-9+,16-13+,18-15+,22-19+,24-21+,27-25+,31-29+,37-34+. The van der Waals surface area contributed by atoms with E-state index in [4.69, 9.17) is 14.2 Å². The molecule has 0 aliphatic heterocycles. The van der Waals surface area contributed by atoms with E-state index in [0.717, 1.165) is 96.3 Å². The molecule has 0 saturated carbocycles. The quantitative estimate of drug-likeness (QED) is 0.0262. The molecule has 0 rings (SSSR count). The van der Waals surface area contributed by atoms with Gasteiger partial charge < -0.3 is 14.2 Å². The van der Waals surface area contributed by atoms with Crippen LogP contribution in [0.1, 0.15) is 226 Å². The van der Waals surface area contributed by atoms with E-state index in [0.29, 0.717) is 19.3 Å².